The second-order valence-corrected chi connectivity index (χ2v) is 8.41. The van der Waals surface area contributed by atoms with Crippen molar-refractivity contribution in [2.45, 2.75) is 30.2 Å². The van der Waals surface area contributed by atoms with Crippen molar-refractivity contribution in [2.75, 3.05) is 13.1 Å². The molecular formula is C16H16N2O6S. The summed E-state index contributed by atoms with van der Waals surface area (Å²) in [4.78, 5) is 37.2. The van der Waals surface area contributed by atoms with E-state index in [1.54, 1.807) is 0 Å². The Hall–Kier alpha value is -2.42. The van der Waals surface area contributed by atoms with Gasteiger partial charge in [0.2, 0.25) is 0 Å². The summed E-state index contributed by atoms with van der Waals surface area (Å²) >= 11 is 0. The molecule has 1 saturated carbocycles. The van der Waals surface area contributed by atoms with E-state index in [-0.39, 0.29) is 28.6 Å². The molecule has 132 valence electrons. The lowest BCUT2D eigenvalue weighted by Crippen LogP contribution is -2.32. The number of rotatable bonds is 3. The van der Waals surface area contributed by atoms with E-state index in [1.165, 1.54) is 23.1 Å². The van der Waals surface area contributed by atoms with E-state index >= 15 is 0 Å². The molecule has 1 saturated heterocycles. The number of carboxylic acid groups (broad SMARTS) is 1. The van der Waals surface area contributed by atoms with Crippen molar-refractivity contribution in [1.29, 1.82) is 0 Å². The lowest BCUT2D eigenvalue weighted by atomic mass is 10.1. The number of aliphatic carboxylic acids is 1. The highest BCUT2D eigenvalue weighted by Gasteiger charge is 2.49. The van der Waals surface area contributed by atoms with Crippen LogP contribution in [0.2, 0.25) is 0 Å². The summed E-state index contributed by atoms with van der Waals surface area (Å²) in [5, 5.41) is 9.03. The van der Waals surface area contributed by atoms with Gasteiger partial charge in [-0.05, 0) is 37.5 Å². The average Bonchev–Trinajstić information content (AvgIpc) is 3.21. The van der Waals surface area contributed by atoms with Crippen molar-refractivity contribution < 1.29 is 27.9 Å². The van der Waals surface area contributed by atoms with Crippen LogP contribution in [0.15, 0.2) is 23.1 Å². The van der Waals surface area contributed by atoms with Crippen molar-refractivity contribution in [1.82, 2.24) is 9.21 Å². The maximum atomic E-state index is 12.6. The van der Waals surface area contributed by atoms with Gasteiger partial charge in [-0.2, -0.15) is 0 Å². The van der Waals surface area contributed by atoms with E-state index in [1.807, 2.05) is 0 Å². The first-order chi connectivity index (χ1) is 11.8. The van der Waals surface area contributed by atoms with Gasteiger partial charge in [-0.25, -0.2) is 12.7 Å². The quantitative estimate of drug-likeness (QED) is 0.838. The van der Waals surface area contributed by atoms with E-state index in [4.69, 9.17) is 5.11 Å². The van der Waals surface area contributed by atoms with Crippen LogP contribution in [-0.4, -0.2) is 59.6 Å². The molecule has 1 aromatic rings. The van der Waals surface area contributed by atoms with Crippen LogP contribution in [0.4, 0.5) is 0 Å². The van der Waals surface area contributed by atoms with Crippen molar-refractivity contribution in [3.05, 3.63) is 29.3 Å². The van der Waals surface area contributed by atoms with Crippen molar-refractivity contribution in [3.8, 4) is 0 Å². The second-order valence-electron chi connectivity index (χ2n) is 6.62. The smallest absolute Gasteiger partial charge is 0.308 e. The van der Waals surface area contributed by atoms with E-state index < -0.39 is 33.7 Å². The van der Waals surface area contributed by atoms with Gasteiger partial charge in [-0.15, -0.1) is 0 Å². The molecule has 2 heterocycles. The standard InChI is InChI=1S/C16H16N2O6S/c19-14(17-6-5-10(8-17)16(21)22)9-1-4-12-13(7-9)25(23,24)18(15(12)20)11-2-3-11/h1,4,7,10-11H,2-3,5-6,8H2,(H,21,22)/t10-/m0/s1. The van der Waals surface area contributed by atoms with Crippen LogP contribution in [0.1, 0.15) is 40.0 Å². The Morgan fingerprint density at radius 3 is 2.48 bits per heavy atom. The molecule has 2 aliphatic heterocycles. The molecule has 2 amide bonds. The molecule has 0 bridgehead atoms. The second kappa shape index (κ2) is 5.29. The van der Waals surface area contributed by atoms with Gasteiger partial charge in [-0.3, -0.25) is 14.4 Å². The highest BCUT2D eigenvalue weighted by molar-refractivity contribution is 7.90. The number of hydrogen-bond acceptors (Lipinski definition) is 5. The van der Waals surface area contributed by atoms with Crippen molar-refractivity contribution in [3.63, 3.8) is 0 Å². The highest BCUT2D eigenvalue weighted by atomic mass is 32.2. The van der Waals surface area contributed by atoms with Crippen LogP contribution >= 0.6 is 0 Å². The SMILES string of the molecule is O=C(O)[C@H]1CCN(C(=O)c2ccc3c(c2)S(=O)(=O)N(C2CC2)C3=O)C1. The number of hydrogen-bond donors (Lipinski definition) is 1. The Morgan fingerprint density at radius 2 is 1.88 bits per heavy atom. The molecule has 8 nitrogen and oxygen atoms in total. The van der Waals surface area contributed by atoms with E-state index in [9.17, 15) is 22.8 Å². The predicted octanol–water partition coefficient (Wildman–Crippen LogP) is 0.540. The summed E-state index contributed by atoms with van der Waals surface area (Å²) < 4.78 is 26.2. The van der Waals surface area contributed by atoms with E-state index in [2.05, 4.69) is 0 Å². The van der Waals surface area contributed by atoms with Crippen LogP contribution in [0, 0.1) is 5.92 Å². The summed E-state index contributed by atoms with van der Waals surface area (Å²) in [5.41, 5.74) is 0.243. The summed E-state index contributed by atoms with van der Waals surface area (Å²) in [5.74, 6) is -2.51. The zero-order chi connectivity index (χ0) is 17.9. The van der Waals surface area contributed by atoms with Gasteiger partial charge in [0.15, 0.2) is 0 Å². The number of likely N-dealkylation sites (tertiary alicyclic amines) is 1. The fourth-order valence-corrected chi connectivity index (χ4v) is 5.22. The molecule has 25 heavy (non-hydrogen) atoms. The third-order valence-electron chi connectivity index (χ3n) is 4.90. The Labute approximate surface area is 144 Å². The van der Waals surface area contributed by atoms with Crippen LogP contribution in [0.25, 0.3) is 0 Å². The number of carboxylic acids is 1. The van der Waals surface area contributed by atoms with Crippen molar-refractivity contribution in [2.24, 2.45) is 5.92 Å². The number of carbonyl (C=O) groups is 3. The van der Waals surface area contributed by atoms with Gasteiger partial charge in [0.05, 0.1) is 11.5 Å². The first-order valence-corrected chi connectivity index (χ1v) is 9.49. The lowest BCUT2D eigenvalue weighted by Gasteiger charge is -2.16. The number of benzene rings is 1. The number of amides is 2. The summed E-state index contributed by atoms with van der Waals surface area (Å²) in [6.07, 6.45) is 1.70. The zero-order valence-electron chi connectivity index (χ0n) is 13.2. The van der Waals surface area contributed by atoms with Crippen LogP contribution in [0.3, 0.4) is 0 Å². The number of carbonyl (C=O) groups excluding carboxylic acids is 2. The van der Waals surface area contributed by atoms with E-state index in [0.29, 0.717) is 25.8 Å². The number of nitrogens with zero attached hydrogens (tertiary/aromatic N) is 2. The maximum Gasteiger partial charge on any atom is 0.308 e. The molecule has 0 unspecified atom stereocenters. The summed E-state index contributed by atoms with van der Waals surface area (Å²) in [6, 6.07) is 3.76. The van der Waals surface area contributed by atoms with Crippen LogP contribution in [-0.2, 0) is 14.8 Å². The predicted molar refractivity (Wildman–Crippen MR) is 84.5 cm³/mol. The monoisotopic (exact) mass is 364 g/mol. The minimum Gasteiger partial charge on any atom is -0.481 e. The Balaban J connectivity index is 1.65. The third-order valence-corrected chi connectivity index (χ3v) is 6.77. The first kappa shape index (κ1) is 16.1. The fraction of sp³-hybridized carbons (Fsp3) is 0.438. The Kier molecular flexibility index (Phi) is 3.40. The summed E-state index contributed by atoms with van der Waals surface area (Å²) in [7, 11) is -3.92. The number of sulfonamides is 1. The molecule has 2 fully saturated rings. The Morgan fingerprint density at radius 1 is 1.16 bits per heavy atom. The molecule has 0 radical (unpaired) electrons. The molecule has 3 aliphatic rings. The molecular weight excluding hydrogens is 348 g/mol. The minimum atomic E-state index is -3.92. The van der Waals surface area contributed by atoms with E-state index in [0.717, 1.165) is 4.31 Å². The molecule has 1 atom stereocenters. The first-order valence-electron chi connectivity index (χ1n) is 8.05. The molecule has 4 rings (SSSR count). The topological polar surface area (TPSA) is 112 Å². The van der Waals surface area contributed by atoms with Gasteiger partial charge >= 0.3 is 5.97 Å². The van der Waals surface area contributed by atoms with Crippen LogP contribution < -0.4 is 0 Å². The maximum absolute atomic E-state index is 12.6. The Bertz CT molecular complexity index is 905. The average molecular weight is 364 g/mol. The van der Waals surface area contributed by atoms with Gasteiger partial charge < -0.3 is 10.0 Å². The van der Waals surface area contributed by atoms with Gasteiger partial charge in [0, 0.05) is 24.7 Å². The molecule has 1 aromatic carbocycles. The van der Waals surface area contributed by atoms with Crippen LogP contribution in [0.5, 0.6) is 0 Å². The normalized spacial score (nSPS) is 24.5. The molecule has 9 heteroatoms. The minimum absolute atomic E-state index is 0.0910. The van der Waals surface area contributed by atoms with Gasteiger partial charge in [-0.1, -0.05) is 0 Å². The highest BCUT2D eigenvalue weighted by Crippen LogP contribution is 2.39. The van der Waals surface area contributed by atoms with Gasteiger partial charge in [0.1, 0.15) is 4.90 Å². The molecule has 0 aromatic heterocycles. The fourth-order valence-electron chi connectivity index (χ4n) is 3.38. The van der Waals surface area contributed by atoms with Gasteiger partial charge in [0.25, 0.3) is 21.8 Å². The zero-order valence-corrected chi connectivity index (χ0v) is 14.0. The molecule has 1 aliphatic carbocycles. The lowest BCUT2D eigenvalue weighted by molar-refractivity contribution is -0.141. The largest absolute Gasteiger partial charge is 0.481 e. The molecule has 1 N–H and O–H groups in total. The summed E-state index contributed by atoms with van der Waals surface area (Å²) in [6.45, 7) is 0.415. The van der Waals surface area contributed by atoms with Crippen molar-refractivity contribution >= 4 is 27.8 Å². The third kappa shape index (κ3) is 2.41. The molecule has 0 spiro atoms. The number of fused-ring (bicyclic) bond motifs is 1.